The lowest BCUT2D eigenvalue weighted by atomic mass is 9.95. The highest BCUT2D eigenvalue weighted by atomic mass is 16.3. The molecule has 3 heteroatoms. The van der Waals surface area contributed by atoms with Gasteiger partial charge in [0, 0.05) is 11.6 Å². The van der Waals surface area contributed by atoms with E-state index in [1.54, 1.807) is 0 Å². The van der Waals surface area contributed by atoms with Crippen LogP contribution in [0.25, 0.3) is 0 Å². The minimum atomic E-state index is -0.128. The number of aliphatic hydroxyl groups is 1. The molecule has 0 aromatic rings. The summed E-state index contributed by atoms with van der Waals surface area (Å²) >= 11 is 0. The monoisotopic (exact) mass is 242 g/mol. The molecule has 1 atom stereocenters. The van der Waals surface area contributed by atoms with Gasteiger partial charge in [-0.15, -0.1) is 0 Å². The Hall–Kier alpha value is -0.120. The summed E-state index contributed by atoms with van der Waals surface area (Å²) in [6.07, 6.45) is 3.68. The quantitative estimate of drug-likeness (QED) is 0.746. The molecular weight excluding hydrogens is 212 g/mol. The largest absolute Gasteiger partial charge is 0.394 e. The maximum absolute atomic E-state index is 9.52. The molecule has 1 aliphatic rings. The van der Waals surface area contributed by atoms with Crippen LogP contribution in [-0.2, 0) is 0 Å². The molecular formula is C14H30N2O. The number of likely N-dealkylation sites (tertiary alicyclic amines) is 1. The Balaban J connectivity index is 2.32. The molecule has 0 amide bonds. The smallest absolute Gasteiger partial charge is 0.0611 e. The topological polar surface area (TPSA) is 35.5 Å². The molecule has 1 unspecified atom stereocenters. The summed E-state index contributed by atoms with van der Waals surface area (Å²) in [6.45, 7) is 12.5. The van der Waals surface area contributed by atoms with Gasteiger partial charge in [-0.3, -0.25) is 0 Å². The van der Waals surface area contributed by atoms with Crippen molar-refractivity contribution in [3.8, 4) is 0 Å². The van der Waals surface area contributed by atoms with Gasteiger partial charge in [0.1, 0.15) is 0 Å². The lowest BCUT2D eigenvalue weighted by Crippen LogP contribution is -2.51. The fourth-order valence-corrected chi connectivity index (χ4v) is 2.58. The Bertz CT molecular complexity index is 212. The highest BCUT2D eigenvalue weighted by Crippen LogP contribution is 2.18. The van der Waals surface area contributed by atoms with E-state index in [1.165, 1.54) is 25.9 Å². The first-order valence-electron chi connectivity index (χ1n) is 7.06. The van der Waals surface area contributed by atoms with Gasteiger partial charge in [-0.1, -0.05) is 20.8 Å². The summed E-state index contributed by atoms with van der Waals surface area (Å²) in [4.78, 5) is 2.54. The summed E-state index contributed by atoms with van der Waals surface area (Å²) in [7, 11) is 0. The van der Waals surface area contributed by atoms with Crippen LogP contribution in [0.1, 0.15) is 47.0 Å². The van der Waals surface area contributed by atoms with E-state index in [-0.39, 0.29) is 12.1 Å². The average molecular weight is 242 g/mol. The summed E-state index contributed by atoms with van der Waals surface area (Å²) in [5.41, 5.74) is -0.128. The maximum atomic E-state index is 9.52. The first-order chi connectivity index (χ1) is 7.95. The van der Waals surface area contributed by atoms with Crippen LogP contribution in [0.5, 0.6) is 0 Å². The van der Waals surface area contributed by atoms with Gasteiger partial charge in [-0.2, -0.15) is 0 Å². The maximum Gasteiger partial charge on any atom is 0.0611 e. The van der Waals surface area contributed by atoms with Crippen molar-refractivity contribution in [2.75, 3.05) is 26.2 Å². The third-order valence-electron chi connectivity index (χ3n) is 3.84. The van der Waals surface area contributed by atoms with Crippen molar-refractivity contribution in [1.29, 1.82) is 0 Å². The van der Waals surface area contributed by atoms with Crippen LogP contribution in [0, 0.1) is 5.92 Å². The summed E-state index contributed by atoms with van der Waals surface area (Å²) in [5, 5.41) is 13.0. The summed E-state index contributed by atoms with van der Waals surface area (Å²) < 4.78 is 0. The van der Waals surface area contributed by atoms with Crippen molar-refractivity contribution >= 4 is 0 Å². The predicted octanol–water partition coefficient (Wildman–Crippen LogP) is 1.86. The van der Waals surface area contributed by atoms with E-state index >= 15 is 0 Å². The molecule has 1 saturated heterocycles. The lowest BCUT2D eigenvalue weighted by molar-refractivity contribution is 0.124. The van der Waals surface area contributed by atoms with Gasteiger partial charge in [0.2, 0.25) is 0 Å². The second-order valence-electron chi connectivity index (χ2n) is 6.29. The van der Waals surface area contributed by atoms with E-state index in [0.717, 1.165) is 18.9 Å². The Morgan fingerprint density at radius 1 is 1.35 bits per heavy atom. The zero-order chi connectivity index (χ0) is 12.9. The number of hydrogen-bond acceptors (Lipinski definition) is 3. The number of hydrogen-bond donors (Lipinski definition) is 2. The number of aliphatic hydroxyl groups excluding tert-OH is 1. The minimum absolute atomic E-state index is 0.128. The van der Waals surface area contributed by atoms with E-state index in [0.29, 0.717) is 6.04 Å². The van der Waals surface area contributed by atoms with E-state index < -0.39 is 0 Å². The first kappa shape index (κ1) is 14.9. The third kappa shape index (κ3) is 5.36. The van der Waals surface area contributed by atoms with E-state index in [2.05, 4.69) is 37.9 Å². The molecule has 0 bridgehead atoms. The van der Waals surface area contributed by atoms with Gasteiger partial charge in [0.15, 0.2) is 0 Å². The molecule has 17 heavy (non-hydrogen) atoms. The molecule has 0 aliphatic carbocycles. The van der Waals surface area contributed by atoms with Crippen molar-refractivity contribution in [1.82, 2.24) is 10.2 Å². The molecule has 102 valence electrons. The van der Waals surface area contributed by atoms with Crippen molar-refractivity contribution in [3.63, 3.8) is 0 Å². The summed E-state index contributed by atoms with van der Waals surface area (Å²) in [6, 6.07) is 0.425. The Morgan fingerprint density at radius 3 is 2.41 bits per heavy atom. The fraction of sp³-hybridized carbons (Fsp3) is 1.00. The van der Waals surface area contributed by atoms with E-state index in [9.17, 15) is 5.11 Å². The summed E-state index contributed by atoms with van der Waals surface area (Å²) in [5.74, 6) is 0.893. The standard InChI is InChI=1S/C14H30N2O/c1-12(2)15-14(4,11-17)7-10-16-8-5-13(3)6-9-16/h12-13,15,17H,5-11H2,1-4H3. The van der Waals surface area contributed by atoms with Gasteiger partial charge in [-0.25, -0.2) is 0 Å². The van der Waals surface area contributed by atoms with Crippen LogP contribution in [-0.4, -0.2) is 47.8 Å². The van der Waals surface area contributed by atoms with E-state index in [1.807, 2.05) is 0 Å². The van der Waals surface area contributed by atoms with Gasteiger partial charge in [0.05, 0.1) is 6.61 Å². The zero-order valence-electron chi connectivity index (χ0n) is 12.0. The van der Waals surface area contributed by atoms with Crippen LogP contribution < -0.4 is 5.32 Å². The second kappa shape index (κ2) is 6.72. The average Bonchev–Trinajstić information content (AvgIpc) is 2.27. The SMILES string of the molecule is CC1CCN(CCC(C)(CO)NC(C)C)CC1. The second-order valence-corrected chi connectivity index (χ2v) is 6.29. The Morgan fingerprint density at radius 2 is 1.94 bits per heavy atom. The van der Waals surface area contributed by atoms with E-state index in [4.69, 9.17) is 0 Å². The lowest BCUT2D eigenvalue weighted by Gasteiger charge is -2.36. The number of nitrogens with zero attached hydrogens (tertiary/aromatic N) is 1. The molecule has 0 aromatic carbocycles. The minimum Gasteiger partial charge on any atom is -0.394 e. The first-order valence-corrected chi connectivity index (χ1v) is 7.06. The number of rotatable bonds is 6. The molecule has 0 spiro atoms. The van der Waals surface area contributed by atoms with Gasteiger partial charge in [0.25, 0.3) is 0 Å². The molecule has 1 aliphatic heterocycles. The highest BCUT2D eigenvalue weighted by Gasteiger charge is 2.25. The molecule has 1 heterocycles. The molecule has 0 radical (unpaired) electrons. The van der Waals surface area contributed by atoms with Gasteiger partial charge >= 0.3 is 0 Å². The van der Waals surface area contributed by atoms with Crippen LogP contribution in [0.3, 0.4) is 0 Å². The zero-order valence-corrected chi connectivity index (χ0v) is 12.0. The molecule has 0 aromatic heterocycles. The molecule has 2 N–H and O–H groups in total. The molecule has 1 rings (SSSR count). The van der Waals surface area contributed by atoms with Crippen LogP contribution in [0.2, 0.25) is 0 Å². The number of nitrogens with one attached hydrogen (secondary N) is 1. The van der Waals surface area contributed by atoms with Crippen LogP contribution in [0.4, 0.5) is 0 Å². The van der Waals surface area contributed by atoms with Crippen molar-refractivity contribution < 1.29 is 5.11 Å². The van der Waals surface area contributed by atoms with Crippen molar-refractivity contribution in [2.45, 2.75) is 58.5 Å². The van der Waals surface area contributed by atoms with Crippen molar-refractivity contribution in [2.24, 2.45) is 5.92 Å². The molecule has 0 saturated carbocycles. The predicted molar refractivity (Wildman–Crippen MR) is 73.2 cm³/mol. The van der Waals surface area contributed by atoms with Crippen LogP contribution in [0.15, 0.2) is 0 Å². The third-order valence-corrected chi connectivity index (χ3v) is 3.84. The van der Waals surface area contributed by atoms with Gasteiger partial charge in [-0.05, 0) is 51.7 Å². The Labute approximate surface area is 107 Å². The highest BCUT2D eigenvalue weighted by molar-refractivity contribution is 4.85. The molecule has 3 nitrogen and oxygen atoms in total. The van der Waals surface area contributed by atoms with Gasteiger partial charge < -0.3 is 15.3 Å². The number of piperidine rings is 1. The molecule has 1 fully saturated rings. The Kier molecular flexibility index (Phi) is 5.90. The van der Waals surface area contributed by atoms with Crippen molar-refractivity contribution in [3.05, 3.63) is 0 Å². The fourth-order valence-electron chi connectivity index (χ4n) is 2.58. The normalized spacial score (nSPS) is 22.9. The van der Waals surface area contributed by atoms with Crippen LogP contribution >= 0.6 is 0 Å².